The lowest BCUT2D eigenvalue weighted by Gasteiger charge is -2.22. The van der Waals surface area contributed by atoms with Crippen molar-refractivity contribution in [3.05, 3.63) is 41.5 Å². The molecule has 126 valence electrons. The number of methoxy groups -OCH3 is 1. The maximum atomic E-state index is 12.5. The molecule has 0 bridgehead atoms. The molecule has 0 saturated carbocycles. The Morgan fingerprint density at radius 1 is 1.43 bits per heavy atom. The zero-order valence-corrected chi connectivity index (χ0v) is 14.4. The van der Waals surface area contributed by atoms with Crippen LogP contribution in [0.15, 0.2) is 35.9 Å². The number of hydrogen-bond donors (Lipinski definition) is 0. The van der Waals surface area contributed by atoms with Gasteiger partial charge in [0.15, 0.2) is 0 Å². The van der Waals surface area contributed by atoms with Gasteiger partial charge in [0.05, 0.1) is 13.7 Å². The quantitative estimate of drug-likeness (QED) is 0.726. The summed E-state index contributed by atoms with van der Waals surface area (Å²) in [5.74, 6) is 1.43. The van der Waals surface area contributed by atoms with E-state index in [9.17, 15) is 4.79 Å². The molecular formula is C19H27NO3. The highest BCUT2D eigenvalue weighted by Crippen LogP contribution is 2.21. The molecule has 23 heavy (non-hydrogen) atoms. The minimum atomic E-state index is 0.0896. The Morgan fingerprint density at radius 2 is 2.22 bits per heavy atom. The average molecular weight is 317 g/mol. The van der Waals surface area contributed by atoms with Crippen LogP contribution in [0.2, 0.25) is 0 Å². The lowest BCUT2D eigenvalue weighted by molar-refractivity contribution is -0.126. The molecule has 0 aromatic heterocycles. The summed E-state index contributed by atoms with van der Waals surface area (Å²) in [5.41, 5.74) is 2.14. The molecular weight excluding hydrogens is 290 g/mol. The fourth-order valence-corrected chi connectivity index (χ4v) is 2.92. The van der Waals surface area contributed by atoms with Crippen molar-refractivity contribution in [3.8, 4) is 5.75 Å². The maximum Gasteiger partial charge on any atom is 0.246 e. The highest BCUT2D eigenvalue weighted by atomic mass is 16.5. The van der Waals surface area contributed by atoms with Gasteiger partial charge < -0.3 is 14.4 Å². The number of carbonyl (C=O) groups excluding carboxylic acids is 1. The number of para-hydroxylation sites is 1. The SMILES string of the molecule is CCN(CC1CCOC1)C(=O)/C=C(/C)Cc1ccccc1OC. The van der Waals surface area contributed by atoms with Gasteiger partial charge in [-0.3, -0.25) is 4.79 Å². The van der Waals surface area contributed by atoms with Crippen LogP contribution in [0.1, 0.15) is 25.8 Å². The van der Waals surface area contributed by atoms with Crippen LogP contribution < -0.4 is 4.74 Å². The van der Waals surface area contributed by atoms with Crippen molar-refractivity contribution in [1.82, 2.24) is 4.90 Å². The molecule has 1 unspecified atom stereocenters. The van der Waals surface area contributed by atoms with Gasteiger partial charge in [-0.05, 0) is 38.3 Å². The number of rotatable bonds is 7. The lowest BCUT2D eigenvalue weighted by atomic mass is 10.0. The van der Waals surface area contributed by atoms with Gasteiger partial charge in [-0.15, -0.1) is 0 Å². The van der Waals surface area contributed by atoms with E-state index < -0.39 is 0 Å². The molecule has 1 aliphatic heterocycles. The molecule has 1 heterocycles. The van der Waals surface area contributed by atoms with Crippen molar-refractivity contribution < 1.29 is 14.3 Å². The summed E-state index contributed by atoms with van der Waals surface area (Å²) in [5, 5.41) is 0. The second kappa shape index (κ2) is 8.73. The van der Waals surface area contributed by atoms with Crippen LogP contribution >= 0.6 is 0 Å². The van der Waals surface area contributed by atoms with Gasteiger partial charge in [-0.1, -0.05) is 23.8 Å². The molecule has 1 aromatic rings. The summed E-state index contributed by atoms with van der Waals surface area (Å²) < 4.78 is 10.8. The zero-order chi connectivity index (χ0) is 16.7. The third-order valence-electron chi connectivity index (χ3n) is 4.23. The number of hydrogen-bond acceptors (Lipinski definition) is 3. The molecule has 4 heteroatoms. The highest BCUT2D eigenvalue weighted by molar-refractivity contribution is 5.88. The molecule has 1 atom stereocenters. The number of amides is 1. The first-order valence-electron chi connectivity index (χ1n) is 8.29. The highest BCUT2D eigenvalue weighted by Gasteiger charge is 2.20. The Bertz CT molecular complexity index is 547. The predicted octanol–water partition coefficient (Wildman–Crippen LogP) is 3.07. The van der Waals surface area contributed by atoms with E-state index in [1.54, 1.807) is 13.2 Å². The second-order valence-corrected chi connectivity index (χ2v) is 6.09. The Morgan fingerprint density at radius 3 is 2.87 bits per heavy atom. The molecule has 1 fully saturated rings. The molecule has 1 aromatic carbocycles. The van der Waals surface area contributed by atoms with Crippen LogP contribution in [0.25, 0.3) is 0 Å². The molecule has 0 spiro atoms. The van der Waals surface area contributed by atoms with Gasteiger partial charge >= 0.3 is 0 Å². The summed E-state index contributed by atoms with van der Waals surface area (Å²) in [6.07, 6.45) is 3.53. The fraction of sp³-hybridized carbons (Fsp3) is 0.526. The standard InChI is InChI=1S/C19H27NO3/c1-4-20(13-16-9-10-23-14-16)19(21)12-15(2)11-17-7-5-6-8-18(17)22-3/h5-8,12,16H,4,9-11,13-14H2,1-3H3/b15-12-. The number of allylic oxidation sites excluding steroid dienone is 1. The van der Waals surface area contributed by atoms with Crippen molar-refractivity contribution in [1.29, 1.82) is 0 Å². The largest absolute Gasteiger partial charge is 0.496 e. The van der Waals surface area contributed by atoms with Gasteiger partial charge in [0, 0.05) is 31.7 Å². The lowest BCUT2D eigenvalue weighted by Crippen LogP contribution is -2.34. The Balaban J connectivity index is 1.98. The third kappa shape index (κ3) is 5.10. The summed E-state index contributed by atoms with van der Waals surface area (Å²) in [6, 6.07) is 7.93. The fourth-order valence-electron chi connectivity index (χ4n) is 2.92. The van der Waals surface area contributed by atoms with Crippen LogP contribution in [-0.4, -0.2) is 44.2 Å². The van der Waals surface area contributed by atoms with Crippen molar-refractivity contribution in [2.75, 3.05) is 33.4 Å². The first-order chi connectivity index (χ1) is 11.1. The Labute approximate surface area is 139 Å². The molecule has 4 nitrogen and oxygen atoms in total. The third-order valence-corrected chi connectivity index (χ3v) is 4.23. The average Bonchev–Trinajstić information content (AvgIpc) is 3.06. The summed E-state index contributed by atoms with van der Waals surface area (Å²) in [6.45, 7) is 7.13. The predicted molar refractivity (Wildman–Crippen MR) is 91.6 cm³/mol. The Kier molecular flexibility index (Phi) is 6.66. The number of likely N-dealkylation sites (N-methyl/N-ethyl adjacent to an activating group) is 1. The van der Waals surface area contributed by atoms with Crippen molar-refractivity contribution in [3.63, 3.8) is 0 Å². The maximum absolute atomic E-state index is 12.5. The van der Waals surface area contributed by atoms with Gasteiger partial charge in [0.25, 0.3) is 0 Å². The zero-order valence-electron chi connectivity index (χ0n) is 14.4. The van der Waals surface area contributed by atoms with Crippen LogP contribution in [-0.2, 0) is 16.0 Å². The van der Waals surface area contributed by atoms with Crippen LogP contribution in [0.3, 0.4) is 0 Å². The molecule has 0 aliphatic carbocycles. The van der Waals surface area contributed by atoms with Crippen molar-refractivity contribution in [2.24, 2.45) is 5.92 Å². The molecule has 0 N–H and O–H groups in total. The summed E-state index contributed by atoms with van der Waals surface area (Å²) >= 11 is 0. The Hall–Kier alpha value is -1.81. The molecule has 1 amide bonds. The van der Waals surface area contributed by atoms with E-state index in [4.69, 9.17) is 9.47 Å². The smallest absolute Gasteiger partial charge is 0.246 e. The topological polar surface area (TPSA) is 38.8 Å². The first-order valence-corrected chi connectivity index (χ1v) is 8.29. The van der Waals surface area contributed by atoms with Crippen molar-refractivity contribution in [2.45, 2.75) is 26.7 Å². The van der Waals surface area contributed by atoms with Crippen LogP contribution in [0.4, 0.5) is 0 Å². The molecule has 1 aliphatic rings. The van der Waals surface area contributed by atoms with Gasteiger partial charge in [-0.2, -0.15) is 0 Å². The second-order valence-electron chi connectivity index (χ2n) is 6.09. The molecule has 1 saturated heterocycles. The minimum absolute atomic E-state index is 0.0896. The van der Waals surface area contributed by atoms with E-state index in [1.807, 2.05) is 43.0 Å². The summed E-state index contributed by atoms with van der Waals surface area (Å²) in [4.78, 5) is 14.4. The number of ether oxygens (including phenoxy) is 2. The van der Waals surface area contributed by atoms with Gasteiger partial charge in [-0.25, -0.2) is 0 Å². The van der Waals surface area contributed by atoms with E-state index in [0.717, 1.165) is 56.0 Å². The van der Waals surface area contributed by atoms with E-state index >= 15 is 0 Å². The number of benzene rings is 1. The van der Waals surface area contributed by atoms with Crippen molar-refractivity contribution >= 4 is 5.91 Å². The first kappa shape index (κ1) is 17.5. The van der Waals surface area contributed by atoms with E-state index in [-0.39, 0.29) is 5.91 Å². The number of carbonyl (C=O) groups is 1. The van der Waals surface area contributed by atoms with Gasteiger partial charge in [0.1, 0.15) is 5.75 Å². The van der Waals surface area contributed by atoms with Crippen LogP contribution in [0.5, 0.6) is 5.75 Å². The molecule has 0 radical (unpaired) electrons. The van der Waals surface area contributed by atoms with Gasteiger partial charge in [0.2, 0.25) is 5.91 Å². The minimum Gasteiger partial charge on any atom is -0.496 e. The van der Waals surface area contributed by atoms with E-state index in [2.05, 4.69) is 0 Å². The van der Waals surface area contributed by atoms with Crippen LogP contribution in [0, 0.1) is 5.92 Å². The monoisotopic (exact) mass is 317 g/mol. The molecule has 2 rings (SSSR count). The van der Waals surface area contributed by atoms with E-state index in [0.29, 0.717) is 5.92 Å². The van der Waals surface area contributed by atoms with E-state index in [1.165, 1.54) is 0 Å². The normalized spacial score (nSPS) is 18.0. The number of nitrogens with zero attached hydrogens (tertiary/aromatic N) is 1. The summed E-state index contributed by atoms with van der Waals surface area (Å²) in [7, 11) is 1.67.